The molecule has 1 amide bonds. The van der Waals surface area contributed by atoms with Crippen LogP contribution in [0.15, 0.2) is 0 Å². The minimum absolute atomic E-state index is 0.234. The van der Waals surface area contributed by atoms with Gasteiger partial charge in [0.25, 0.3) is 0 Å². The topological polar surface area (TPSA) is 58.6 Å². The number of carbonyl (C=O) groups is 1. The average Bonchev–Trinajstić information content (AvgIpc) is 2.63. The van der Waals surface area contributed by atoms with Crippen LogP contribution in [0.25, 0.3) is 0 Å². The van der Waals surface area contributed by atoms with E-state index in [4.69, 9.17) is 4.74 Å². The quantitative estimate of drug-likeness (QED) is 0.624. The van der Waals surface area contributed by atoms with Gasteiger partial charge in [0, 0.05) is 17.9 Å². The fourth-order valence-electron chi connectivity index (χ4n) is 1.90. The molecule has 2 N–H and O–H groups in total. The van der Waals surface area contributed by atoms with Crippen molar-refractivity contribution in [2.75, 3.05) is 13.2 Å². The van der Waals surface area contributed by atoms with Crippen molar-refractivity contribution >= 4 is 5.91 Å². The summed E-state index contributed by atoms with van der Waals surface area (Å²) in [4.78, 5) is 11.3. The number of carbonyl (C=O) groups excluding carboxylic acids is 1. The van der Waals surface area contributed by atoms with Crippen LogP contribution in [0.2, 0.25) is 0 Å². The second-order valence-corrected chi connectivity index (χ2v) is 3.82. The monoisotopic (exact) mass is 185 g/mol. The van der Waals surface area contributed by atoms with Gasteiger partial charge >= 0.3 is 0 Å². The number of fused-ring (bicyclic) bond motifs is 1. The van der Waals surface area contributed by atoms with Crippen LogP contribution in [0.4, 0.5) is 0 Å². The van der Waals surface area contributed by atoms with Crippen molar-refractivity contribution < 1.29 is 14.6 Å². The van der Waals surface area contributed by atoms with Crippen molar-refractivity contribution in [3.63, 3.8) is 0 Å². The number of hydrogen-bond donors (Lipinski definition) is 2. The summed E-state index contributed by atoms with van der Waals surface area (Å²) in [6.07, 6.45) is -0.369. The fraction of sp³-hybridized carbons (Fsp3) is 0.889. The van der Waals surface area contributed by atoms with Gasteiger partial charge in [-0.3, -0.25) is 4.79 Å². The molecule has 2 rings (SSSR count). The fourth-order valence-corrected chi connectivity index (χ4v) is 1.90. The third-order valence-electron chi connectivity index (χ3n) is 2.95. The first-order valence-electron chi connectivity index (χ1n) is 4.80. The molecular formula is C9H15NO3. The van der Waals surface area contributed by atoms with Crippen LogP contribution in [0, 0.1) is 11.8 Å². The molecule has 4 heteroatoms. The predicted molar refractivity (Wildman–Crippen MR) is 46.0 cm³/mol. The average molecular weight is 185 g/mol. The van der Waals surface area contributed by atoms with E-state index in [9.17, 15) is 9.90 Å². The molecule has 0 aromatic rings. The van der Waals surface area contributed by atoms with E-state index in [0.717, 1.165) is 13.2 Å². The molecule has 2 unspecified atom stereocenters. The third-order valence-corrected chi connectivity index (χ3v) is 2.95. The highest BCUT2D eigenvalue weighted by atomic mass is 16.5. The Morgan fingerprint density at radius 3 is 2.77 bits per heavy atom. The predicted octanol–water partition coefficient (Wildman–Crippen LogP) is -0.482. The van der Waals surface area contributed by atoms with E-state index in [1.165, 1.54) is 0 Å². The highest BCUT2D eigenvalue weighted by Crippen LogP contribution is 2.44. The molecule has 1 heterocycles. The van der Waals surface area contributed by atoms with Crippen molar-refractivity contribution in [2.45, 2.75) is 25.5 Å². The van der Waals surface area contributed by atoms with Crippen LogP contribution in [-0.2, 0) is 9.53 Å². The van der Waals surface area contributed by atoms with E-state index in [0.29, 0.717) is 18.3 Å². The number of ether oxygens (including phenoxy) is 1. The standard InChI is InChI=1S/C9H15NO3/c1-2-7(11)9(12)10-8-5-3-13-4-6(5)8/h5-8,11H,2-4H2,1H3,(H,10,12)/t5-,6+,7?,8?. The van der Waals surface area contributed by atoms with Crippen LogP contribution in [0.5, 0.6) is 0 Å². The summed E-state index contributed by atoms with van der Waals surface area (Å²) in [7, 11) is 0. The Balaban J connectivity index is 1.77. The first-order chi connectivity index (χ1) is 6.24. The lowest BCUT2D eigenvalue weighted by atomic mass is 10.2. The van der Waals surface area contributed by atoms with Crippen molar-refractivity contribution in [3.05, 3.63) is 0 Å². The van der Waals surface area contributed by atoms with Crippen LogP contribution in [0.1, 0.15) is 13.3 Å². The van der Waals surface area contributed by atoms with Gasteiger partial charge in [-0.2, -0.15) is 0 Å². The maximum Gasteiger partial charge on any atom is 0.249 e. The van der Waals surface area contributed by atoms with Gasteiger partial charge in [-0.1, -0.05) is 6.92 Å². The second kappa shape index (κ2) is 3.27. The highest BCUT2D eigenvalue weighted by molar-refractivity contribution is 5.81. The van der Waals surface area contributed by atoms with E-state index in [2.05, 4.69) is 5.32 Å². The number of nitrogens with one attached hydrogen (secondary N) is 1. The number of amides is 1. The van der Waals surface area contributed by atoms with Gasteiger partial charge in [-0.25, -0.2) is 0 Å². The number of rotatable bonds is 3. The largest absolute Gasteiger partial charge is 0.383 e. The zero-order valence-corrected chi connectivity index (χ0v) is 7.69. The molecule has 0 radical (unpaired) electrons. The maximum absolute atomic E-state index is 11.3. The molecular weight excluding hydrogens is 170 g/mol. The lowest BCUT2D eigenvalue weighted by molar-refractivity contribution is -0.129. The Kier molecular flexibility index (Phi) is 2.26. The summed E-state index contributed by atoms with van der Waals surface area (Å²) in [6.45, 7) is 3.32. The zero-order valence-electron chi connectivity index (χ0n) is 7.69. The molecule has 1 aliphatic heterocycles. The molecule has 4 nitrogen and oxygen atoms in total. The third kappa shape index (κ3) is 1.56. The van der Waals surface area contributed by atoms with Crippen molar-refractivity contribution in [1.82, 2.24) is 5.32 Å². The van der Waals surface area contributed by atoms with Gasteiger partial charge in [0.05, 0.1) is 13.2 Å². The van der Waals surface area contributed by atoms with Gasteiger partial charge in [0.2, 0.25) is 5.91 Å². The Bertz CT molecular complexity index is 209. The summed E-state index contributed by atoms with van der Waals surface area (Å²) in [5.41, 5.74) is 0. The maximum atomic E-state index is 11.3. The molecule has 4 atom stereocenters. The molecule has 1 aliphatic carbocycles. The highest BCUT2D eigenvalue weighted by Gasteiger charge is 2.54. The molecule has 13 heavy (non-hydrogen) atoms. The van der Waals surface area contributed by atoms with Crippen LogP contribution >= 0.6 is 0 Å². The van der Waals surface area contributed by atoms with Crippen LogP contribution < -0.4 is 5.32 Å². The van der Waals surface area contributed by atoms with Crippen LogP contribution in [0.3, 0.4) is 0 Å². The normalized spacial score (nSPS) is 38.2. The SMILES string of the molecule is CCC(O)C(=O)NC1[C@H]2COC[C@@H]12. The summed E-state index contributed by atoms with van der Waals surface area (Å²) < 4.78 is 5.19. The van der Waals surface area contributed by atoms with E-state index in [-0.39, 0.29) is 11.9 Å². The Hall–Kier alpha value is -0.610. The Morgan fingerprint density at radius 1 is 1.62 bits per heavy atom. The smallest absolute Gasteiger partial charge is 0.249 e. The zero-order chi connectivity index (χ0) is 9.42. The molecule has 74 valence electrons. The minimum atomic E-state index is -0.845. The van der Waals surface area contributed by atoms with E-state index in [1.54, 1.807) is 6.92 Å². The van der Waals surface area contributed by atoms with E-state index >= 15 is 0 Å². The first-order valence-corrected chi connectivity index (χ1v) is 4.80. The molecule has 2 fully saturated rings. The molecule has 2 aliphatic rings. The van der Waals surface area contributed by atoms with E-state index in [1.807, 2.05) is 0 Å². The molecule has 0 bridgehead atoms. The Morgan fingerprint density at radius 2 is 2.23 bits per heavy atom. The second-order valence-electron chi connectivity index (χ2n) is 3.82. The summed E-state index contributed by atoms with van der Waals surface area (Å²) in [5, 5.41) is 12.1. The van der Waals surface area contributed by atoms with Gasteiger partial charge in [-0.05, 0) is 6.42 Å². The van der Waals surface area contributed by atoms with Gasteiger partial charge in [-0.15, -0.1) is 0 Å². The summed E-state index contributed by atoms with van der Waals surface area (Å²) >= 11 is 0. The van der Waals surface area contributed by atoms with Gasteiger partial charge in [0.15, 0.2) is 0 Å². The van der Waals surface area contributed by atoms with Crippen LogP contribution in [-0.4, -0.2) is 36.4 Å². The molecule has 0 aromatic heterocycles. The van der Waals surface area contributed by atoms with Crippen molar-refractivity contribution in [2.24, 2.45) is 11.8 Å². The Labute approximate surface area is 77.3 Å². The van der Waals surface area contributed by atoms with Gasteiger partial charge in [0.1, 0.15) is 6.10 Å². The number of hydrogen-bond acceptors (Lipinski definition) is 3. The minimum Gasteiger partial charge on any atom is -0.383 e. The number of aliphatic hydroxyl groups is 1. The van der Waals surface area contributed by atoms with Crippen molar-refractivity contribution in [3.8, 4) is 0 Å². The summed E-state index contributed by atoms with van der Waals surface area (Å²) in [6, 6.07) is 0.266. The first kappa shape index (κ1) is 8.97. The summed E-state index contributed by atoms with van der Waals surface area (Å²) in [5.74, 6) is 0.780. The van der Waals surface area contributed by atoms with Gasteiger partial charge < -0.3 is 15.2 Å². The number of aliphatic hydroxyl groups excluding tert-OH is 1. The molecule has 1 saturated carbocycles. The lowest BCUT2D eigenvalue weighted by Gasteiger charge is -2.10. The molecule has 1 saturated heterocycles. The van der Waals surface area contributed by atoms with E-state index < -0.39 is 6.10 Å². The molecule has 0 aromatic carbocycles. The van der Waals surface area contributed by atoms with Crippen molar-refractivity contribution in [1.29, 1.82) is 0 Å². The lowest BCUT2D eigenvalue weighted by Crippen LogP contribution is -2.37. The molecule has 0 spiro atoms.